The van der Waals surface area contributed by atoms with Crippen molar-refractivity contribution in [2.75, 3.05) is 18.0 Å². The monoisotopic (exact) mass is 288 g/mol. The van der Waals surface area contributed by atoms with Gasteiger partial charge in [0, 0.05) is 36.8 Å². The molecule has 0 aromatic carbocycles. The smallest absolute Gasteiger partial charge is 0.151 e. The maximum Gasteiger partial charge on any atom is 0.151 e. The molecule has 106 valence electrons. The first-order chi connectivity index (χ1) is 9.83. The van der Waals surface area contributed by atoms with Gasteiger partial charge in [-0.25, -0.2) is 0 Å². The van der Waals surface area contributed by atoms with Crippen LogP contribution in [-0.2, 0) is 6.54 Å². The largest absolute Gasteiger partial charge is 0.354 e. The topological polar surface area (TPSA) is 41.0 Å². The molecule has 0 radical (unpaired) electrons. The highest BCUT2D eigenvalue weighted by Gasteiger charge is 2.20. The second-order valence-electron chi connectivity index (χ2n) is 5.27. The average Bonchev–Trinajstić information content (AvgIpc) is 2.92. The van der Waals surface area contributed by atoms with E-state index in [4.69, 9.17) is 0 Å². The van der Waals surface area contributed by atoms with Crippen LogP contribution in [0.25, 0.3) is 0 Å². The Morgan fingerprint density at radius 2 is 2.40 bits per heavy atom. The first-order valence-electron chi connectivity index (χ1n) is 7.12. The Morgan fingerprint density at radius 3 is 3.15 bits per heavy atom. The fourth-order valence-electron chi connectivity index (χ4n) is 2.64. The molecule has 1 aliphatic rings. The molecule has 3 heterocycles. The molecule has 2 aromatic heterocycles. The van der Waals surface area contributed by atoms with E-state index < -0.39 is 0 Å². The second kappa shape index (κ2) is 6.33. The van der Waals surface area contributed by atoms with Crippen LogP contribution in [0.15, 0.2) is 29.8 Å². The van der Waals surface area contributed by atoms with Crippen LogP contribution < -0.4 is 10.2 Å². The quantitative estimate of drug-likeness (QED) is 0.939. The van der Waals surface area contributed by atoms with Gasteiger partial charge in [-0.1, -0.05) is 0 Å². The highest BCUT2D eigenvalue weighted by Crippen LogP contribution is 2.19. The summed E-state index contributed by atoms with van der Waals surface area (Å²) in [5, 5.41) is 14.0. The van der Waals surface area contributed by atoms with Crippen molar-refractivity contribution >= 4 is 17.2 Å². The maximum absolute atomic E-state index is 4.21. The van der Waals surface area contributed by atoms with Crippen LogP contribution in [0.1, 0.15) is 23.3 Å². The zero-order valence-electron chi connectivity index (χ0n) is 11.7. The molecule has 2 aromatic rings. The van der Waals surface area contributed by atoms with Gasteiger partial charge in [-0.05, 0) is 48.9 Å². The molecule has 0 amide bonds. The number of anilines is 1. The first kappa shape index (κ1) is 13.5. The van der Waals surface area contributed by atoms with Crippen LogP contribution in [-0.4, -0.2) is 29.3 Å². The third-order valence-corrected chi connectivity index (χ3v) is 4.85. The molecular formula is C15H20N4S. The summed E-state index contributed by atoms with van der Waals surface area (Å²) in [6.07, 6.45) is 4.17. The van der Waals surface area contributed by atoms with E-state index in [-0.39, 0.29) is 0 Å². The summed E-state index contributed by atoms with van der Waals surface area (Å²) in [6.45, 7) is 5.25. The molecule has 0 saturated carbocycles. The van der Waals surface area contributed by atoms with Crippen molar-refractivity contribution in [3.05, 3.63) is 40.2 Å². The zero-order valence-corrected chi connectivity index (χ0v) is 12.6. The van der Waals surface area contributed by atoms with Crippen molar-refractivity contribution < 1.29 is 0 Å². The Labute approximate surface area is 123 Å². The van der Waals surface area contributed by atoms with Crippen LogP contribution in [0.5, 0.6) is 0 Å². The van der Waals surface area contributed by atoms with Gasteiger partial charge >= 0.3 is 0 Å². The summed E-state index contributed by atoms with van der Waals surface area (Å²) >= 11 is 1.84. The van der Waals surface area contributed by atoms with Gasteiger partial charge in [0.05, 0.1) is 0 Å². The lowest BCUT2D eigenvalue weighted by Crippen LogP contribution is -2.45. The molecule has 0 unspecified atom stereocenters. The van der Waals surface area contributed by atoms with E-state index in [2.05, 4.69) is 38.8 Å². The van der Waals surface area contributed by atoms with Gasteiger partial charge in [0.1, 0.15) is 0 Å². The molecule has 0 bridgehead atoms. The molecule has 1 N–H and O–H groups in total. The third-order valence-electron chi connectivity index (χ3n) is 3.82. The van der Waals surface area contributed by atoms with Crippen molar-refractivity contribution in [3.8, 4) is 0 Å². The third kappa shape index (κ3) is 3.16. The number of rotatable bonds is 4. The summed E-state index contributed by atoms with van der Waals surface area (Å²) in [5.74, 6) is 0.992. The van der Waals surface area contributed by atoms with Gasteiger partial charge in [0.2, 0.25) is 0 Å². The van der Waals surface area contributed by atoms with E-state index in [0.29, 0.717) is 6.04 Å². The number of piperidine rings is 1. The van der Waals surface area contributed by atoms with Crippen molar-refractivity contribution in [1.82, 2.24) is 15.5 Å². The van der Waals surface area contributed by atoms with E-state index in [1.54, 1.807) is 6.20 Å². The Kier molecular flexibility index (Phi) is 4.28. The Morgan fingerprint density at radius 1 is 1.45 bits per heavy atom. The number of thiophene rings is 1. The number of aryl methyl sites for hydroxylation is 1. The normalized spacial score (nSPS) is 19.2. The van der Waals surface area contributed by atoms with Gasteiger partial charge in [0.15, 0.2) is 5.82 Å². The van der Waals surface area contributed by atoms with Crippen LogP contribution in [0.4, 0.5) is 5.82 Å². The Bertz CT molecular complexity index is 540. The minimum Gasteiger partial charge on any atom is -0.354 e. The highest BCUT2D eigenvalue weighted by molar-refractivity contribution is 7.10. The SMILES string of the molecule is Cc1ccsc1CN[C@@H]1CCCN(c2cccnn2)C1. The van der Waals surface area contributed by atoms with Crippen LogP contribution in [0.3, 0.4) is 0 Å². The molecule has 1 fully saturated rings. The number of nitrogens with one attached hydrogen (secondary N) is 1. The summed E-state index contributed by atoms with van der Waals surface area (Å²) in [7, 11) is 0. The molecule has 4 nitrogen and oxygen atoms in total. The van der Waals surface area contributed by atoms with Gasteiger partial charge in [-0.15, -0.1) is 16.4 Å². The van der Waals surface area contributed by atoms with Crippen LogP contribution >= 0.6 is 11.3 Å². The number of hydrogen-bond acceptors (Lipinski definition) is 5. The van der Waals surface area contributed by atoms with E-state index in [0.717, 1.165) is 25.5 Å². The fraction of sp³-hybridized carbons (Fsp3) is 0.467. The zero-order chi connectivity index (χ0) is 13.8. The first-order valence-corrected chi connectivity index (χ1v) is 8.00. The molecular weight excluding hydrogens is 268 g/mol. The predicted octanol–water partition coefficient (Wildman–Crippen LogP) is 2.61. The summed E-state index contributed by atoms with van der Waals surface area (Å²) in [4.78, 5) is 3.77. The molecule has 3 rings (SSSR count). The maximum atomic E-state index is 4.21. The van der Waals surface area contributed by atoms with E-state index in [9.17, 15) is 0 Å². The van der Waals surface area contributed by atoms with Gasteiger partial charge in [-0.2, -0.15) is 5.10 Å². The van der Waals surface area contributed by atoms with Gasteiger partial charge in [0.25, 0.3) is 0 Å². The molecule has 1 atom stereocenters. The number of aromatic nitrogens is 2. The van der Waals surface area contributed by atoms with Crippen molar-refractivity contribution in [2.45, 2.75) is 32.4 Å². The molecule has 1 aliphatic heterocycles. The minimum atomic E-state index is 0.534. The minimum absolute atomic E-state index is 0.534. The summed E-state index contributed by atoms with van der Waals surface area (Å²) in [6, 6.07) is 6.72. The molecule has 20 heavy (non-hydrogen) atoms. The summed E-state index contributed by atoms with van der Waals surface area (Å²) in [5.41, 5.74) is 1.39. The average molecular weight is 288 g/mol. The molecule has 0 spiro atoms. The van der Waals surface area contributed by atoms with Crippen LogP contribution in [0.2, 0.25) is 0 Å². The lowest BCUT2D eigenvalue weighted by atomic mass is 10.1. The van der Waals surface area contributed by atoms with E-state index in [1.807, 2.05) is 23.5 Å². The lowest BCUT2D eigenvalue weighted by Gasteiger charge is -2.33. The van der Waals surface area contributed by atoms with Crippen molar-refractivity contribution in [3.63, 3.8) is 0 Å². The Hall–Kier alpha value is -1.46. The van der Waals surface area contributed by atoms with E-state index in [1.165, 1.54) is 23.3 Å². The summed E-state index contributed by atoms with van der Waals surface area (Å²) < 4.78 is 0. The highest BCUT2D eigenvalue weighted by atomic mass is 32.1. The molecule has 0 aliphatic carbocycles. The van der Waals surface area contributed by atoms with Crippen molar-refractivity contribution in [2.24, 2.45) is 0 Å². The van der Waals surface area contributed by atoms with Gasteiger partial charge < -0.3 is 10.2 Å². The van der Waals surface area contributed by atoms with E-state index >= 15 is 0 Å². The molecule has 5 heteroatoms. The second-order valence-corrected chi connectivity index (χ2v) is 6.28. The van der Waals surface area contributed by atoms with Crippen molar-refractivity contribution in [1.29, 1.82) is 0 Å². The van der Waals surface area contributed by atoms with Crippen LogP contribution in [0, 0.1) is 6.92 Å². The standard InChI is InChI=1S/C15H20N4S/c1-12-6-9-20-14(12)10-16-13-4-3-8-19(11-13)15-5-2-7-17-18-15/h2,5-7,9,13,16H,3-4,8,10-11H2,1H3/t13-/m1/s1. The number of nitrogens with zero attached hydrogens (tertiary/aromatic N) is 3. The molecule has 1 saturated heterocycles. The number of hydrogen-bond donors (Lipinski definition) is 1. The predicted molar refractivity (Wildman–Crippen MR) is 83.2 cm³/mol. The lowest BCUT2D eigenvalue weighted by molar-refractivity contribution is 0.420. The fourth-order valence-corrected chi connectivity index (χ4v) is 3.49. The Balaban J connectivity index is 1.57. The van der Waals surface area contributed by atoms with Gasteiger partial charge in [-0.3, -0.25) is 0 Å².